The fourth-order valence-corrected chi connectivity index (χ4v) is 3.11. The van der Waals surface area contributed by atoms with Crippen LogP contribution >= 0.6 is 0 Å². The molecule has 0 spiro atoms. The van der Waals surface area contributed by atoms with Crippen LogP contribution in [0.4, 0.5) is 0 Å². The summed E-state index contributed by atoms with van der Waals surface area (Å²) in [5.74, 6) is 0.347. The number of aromatic hydroxyl groups is 1. The summed E-state index contributed by atoms with van der Waals surface area (Å²) in [6, 6.07) is 17.5. The molecule has 0 bridgehead atoms. The fourth-order valence-electron chi connectivity index (χ4n) is 3.11. The van der Waals surface area contributed by atoms with Crippen LogP contribution in [-0.2, 0) is 4.79 Å². The van der Waals surface area contributed by atoms with Crippen molar-refractivity contribution in [3.05, 3.63) is 60.2 Å². The SMILES string of the molecule is CC(c1ccccc1)N1CCN(C(=O)COc2ccccc2O)CC1. The van der Waals surface area contributed by atoms with Crippen LogP contribution in [0.15, 0.2) is 54.6 Å². The van der Waals surface area contributed by atoms with Crippen molar-refractivity contribution in [3.63, 3.8) is 0 Å². The Kier molecular flexibility index (Phi) is 5.56. The summed E-state index contributed by atoms with van der Waals surface area (Å²) in [6.07, 6.45) is 0. The number of para-hydroxylation sites is 2. The molecular formula is C20H24N2O3. The molecule has 0 aliphatic carbocycles. The van der Waals surface area contributed by atoms with Gasteiger partial charge in [0.05, 0.1) is 0 Å². The van der Waals surface area contributed by atoms with Crippen LogP contribution in [0, 0.1) is 0 Å². The number of rotatable bonds is 5. The lowest BCUT2D eigenvalue weighted by Gasteiger charge is -2.38. The predicted molar refractivity (Wildman–Crippen MR) is 96.6 cm³/mol. The molecule has 1 fully saturated rings. The molecule has 5 nitrogen and oxygen atoms in total. The second-order valence-corrected chi connectivity index (χ2v) is 6.26. The molecule has 1 N–H and O–H groups in total. The van der Waals surface area contributed by atoms with Crippen molar-refractivity contribution >= 4 is 5.91 Å². The van der Waals surface area contributed by atoms with Crippen molar-refractivity contribution in [1.29, 1.82) is 0 Å². The van der Waals surface area contributed by atoms with Gasteiger partial charge in [0.15, 0.2) is 18.1 Å². The quantitative estimate of drug-likeness (QED) is 0.909. The first-order valence-electron chi connectivity index (χ1n) is 8.62. The molecule has 2 aromatic rings. The number of hydrogen-bond donors (Lipinski definition) is 1. The van der Waals surface area contributed by atoms with Crippen LogP contribution in [0.3, 0.4) is 0 Å². The standard InChI is InChI=1S/C20H24N2O3/c1-16(17-7-3-2-4-8-17)21-11-13-22(14-12-21)20(24)15-25-19-10-6-5-9-18(19)23/h2-10,16,23H,11-15H2,1H3. The van der Waals surface area contributed by atoms with Crippen LogP contribution in [0.25, 0.3) is 0 Å². The molecule has 2 aromatic carbocycles. The van der Waals surface area contributed by atoms with Crippen LogP contribution < -0.4 is 4.74 Å². The first kappa shape index (κ1) is 17.3. The molecule has 0 saturated carbocycles. The Morgan fingerprint density at radius 3 is 2.36 bits per heavy atom. The predicted octanol–water partition coefficient (Wildman–Crippen LogP) is 2.68. The zero-order valence-corrected chi connectivity index (χ0v) is 14.5. The van der Waals surface area contributed by atoms with E-state index in [1.54, 1.807) is 24.3 Å². The molecule has 5 heteroatoms. The van der Waals surface area contributed by atoms with Crippen molar-refractivity contribution in [2.45, 2.75) is 13.0 Å². The van der Waals surface area contributed by atoms with Gasteiger partial charge in [-0.2, -0.15) is 0 Å². The maximum absolute atomic E-state index is 12.3. The van der Waals surface area contributed by atoms with Crippen LogP contribution in [0.5, 0.6) is 11.5 Å². The smallest absolute Gasteiger partial charge is 0.260 e. The van der Waals surface area contributed by atoms with E-state index in [1.165, 1.54) is 5.56 Å². The summed E-state index contributed by atoms with van der Waals surface area (Å²) in [6.45, 7) is 5.23. The first-order valence-corrected chi connectivity index (χ1v) is 8.62. The molecule has 1 aliphatic rings. The maximum Gasteiger partial charge on any atom is 0.260 e. The molecule has 1 unspecified atom stereocenters. The molecule has 0 radical (unpaired) electrons. The molecule has 1 amide bonds. The molecule has 25 heavy (non-hydrogen) atoms. The average molecular weight is 340 g/mol. The number of benzene rings is 2. The third-order valence-electron chi connectivity index (χ3n) is 4.71. The second-order valence-electron chi connectivity index (χ2n) is 6.26. The average Bonchev–Trinajstić information content (AvgIpc) is 2.67. The van der Waals surface area contributed by atoms with Gasteiger partial charge in [-0.3, -0.25) is 9.69 Å². The Labute approximate surface area is 148 Å². The lowest BCUT2D eigenvalue weighted by atomic mass is 10.1. The van der Waals surface area contributed by atoms with E-state index in [-0.39, 0.29) is 18.3 Å². The third-order valence-corrected chi connectivity index (χ3v) is 4.71. The van der Waals surface area contributed by atoms with Crippen LogP contribution in [0.1, 0.15) is 18.5 Å². The Morgan fingerprint density at radius 1 is 1.04 bits per heavy atom. The van der Waals surface area contributed by atoms with Gasteiger partial charge in [0, 0.05) is 32.2 Å². The lowest BCUT2D eigenvalue weighted by molar-refractivity contribution is -0.135. The summed E-state index contributed by atoms with van der Waals surface area (Å²) in [5, 5.41) is 9.68. The number of phenols is 1. The molecule has 3 rings (SSSR count). The Morgan fingerprint density at radius 2 is 1.68 bits per heavy atom. The highest BCUT2D eigenvalue weighted by atomic mass is 16.5. The van der Waals surface area contributed by atoms with E-state index in [0.717, 1.165) is 13.1 Å². The zero-order valence-electron chi connectivity index (χ0n) is 14.5. The fraction of sp³-hybridized carbons (Fsp3) is 0.350. The number of hydrogen-bond acceptors (Lipinski definition) is 4. The highest BCUT2D eigenvalue weighted by Crippen LogP contribution is 2.24. The largest absolute Gasteiger partial charge is 0.504 e. The van der Waals surface area contributed by atoms with Gasteiger partial charge in [0.25, 0.3) is 5.91 Å². The van der Waals surface area contributed by atoms with Gasteiger partial charge in [-0.1, -0.05) is 42.5 Å². The summed E-state index contributed by atoms with van der Waals surface area (Å²) < 4.78 is 5.44. The summed E-state index contributed by atoms with van der Waals surface area (Å²) in [5.41, 5.74) is 1.30. The lowest BCUT2D eigenvalue weighted by Crippen LogP contribution is -2.50. The van der Waals surface area contributed by atoms with Gasteiger partial charge in [-0.25, -0.2) is 0 Å². The van der Waals surface area contributed by atoms with E-state index in [1.807, 2.05) is 11.0 Å². The van der Waals surface area contributed by atoms with E-state index in [4.69, 9.17) is 4.74 Å². The van der Waals surface area contributed by atoms with E-state index < -0.39 is 0 Å². The number of phenolic OH excluding ortho intramolecular Hbond substituents is 1. The summed E-state index contributed by atoms with van der Waals surface area (Å²) in [7, 11) is 0. The Bertz CT molecular complexity index is 697. The zero-order chi connectivity index (χ0) is 17.6. The van der Waals surface area contributed by atoms with Gasteiger partial charge in [0.2, 0.25) is 0 Å². The van der Waals surface area contributed by atoms with Gasteiger partial charge in [0.1, 0.15) is 0 Å². The topological polar surface area (TPSA) is 53.0 Å². The van der Waals surface area contributed by atoms with Crippen LogP contribution in [0.2, 0.25) is 0 Å². The van der Waals surface area contributed by atoms with Crippen molar-refractivity contribution < 1.29 is 14.6 Å². The molecule has 0 aromatic heterocycles. The molecule has 1 saturated heterocycles. The van der Waals surface area contributed by atoms with Gasteiger partial charge >= 0.3 is 0 Å². The summed E-state index contributed by atoms with van der Waals surface area (Å²) >= 11 is 0. The molecule has 1 heterocycles. The van der Waals surface area contributed by atoms with E-state index in [9.17, 15) is 9.90 Å². The maximum atomic E-state index is 12.3. The van der Waals surface area contributed by atoms with Gasteiger partial charge in [-0.15, -0.1) is 0 Å². The minimum absolute atomic E-state index is 0.0460. The van der Waals surface area contributed by atoms with Crippen molar-refractivity contribution in [2.24, 2.45) is 0 Å². The van der Waals surface area contributed by atoms with E-state index >= 15 is 0 Å². The Hall–Kier alpha value is -2.53. The number of piperazine rings is 1. The highest BCUT2D eigenvalue weighted by molar-refractivity contribution is 5.78. The van der Waals surface area contributed by atoms with Crippen molar-refractivity contribution in [3.8, 4) is 11.5 Å². The molecule has 1 atom stereocenters. The number of amides is 1. The van der Waals surface area contributed by atoms with Gasteiger partial charge < -0.3 is 14.7 Å². The summed E-state index contributed by atoms with van der Waals surface area (Å²) in [4.78, 5) is 16.5. The minimum atomic E-state index is -0.0498. The third kappa shape index (κ3) is 4.31. The van der Waals surface area contributed by atoms with E-state index in [2.05, 4.69) is 36.1 Å². The van der Waals surface area contributed by atoms with Crippen molar-refractivity contribution in [1.82, 2.24) is 9.80 Å². The Balaban J connectivity index is 1.48. The molecule has 132 valence electrons. The monoisotopic (exact) mass is 340 g/mol. The number of carbonyl (C=O) groups is 1. The normalized spacial score (nSPS) is 16.4. The van der Waals surface area contributed by atoms with Crippen LogP contribution in [-0.4, -0.2) is 53.6 Å². The highest BCUT2D eigenvalue weighted by Gasteiger charge is 2.25. The van der Waals surface area contributed by atoms with Crippen molar-refractivity contribution in [2.75, 3.05) is 32.8 Å². The minimum Gasteiger partial charge on any atom is -0.504 e. The first-order chi connectivity index (χ1) is 12.1. The number of nitrogens with zero attached hydrogens (tertiary/aromatic N) is 2. The van der Waals surface area contributed by atoms with E-state index in [0.29, 0.717) is 24.9 Å². The number of ether oxygens (including phenoxy) is 1. The van der Waals surface area contributed by atoms with Gasteiger partial charge in [-0.05, 0) is 24.6 Å². The second kappa shape index (κ2) is 8.03. The molecular weight excluding hydrogens is 316 g/mol. The molecule has 1 aliphatic heterocycles. The number of carbonyl (C=O) groups excluding carboxylic acids is 1.